The molecule has 2 aromatic carbocycles. The Balaban J connectivity index is 2.13. The summed E-state index contributed by atoms with van der Waals surface area (Å²) >= 11 is 6.22. The van der Waals surface area contributed by atoms with E-state index in [0.29, 0.717) is 16.8 Å². The minimum Gasteiger partial charge on any atom is -0.453 e. The number of ether oxygens (including phenoxy) is 1. The van der Waals surface area contributed by atoms with Gasteiger partial charge in [-0.15, -0.1) is 0 Å². The molecule has 0 bridgehead atoms. The number of halogens is 1. The quantitative estimate of drug-likeness (QED) is 0.753. The maximum absolute atomic E-state index is 6.22. The molecule has 1 heterocycles. The lowest BCUT2D eigenvalue weighted by Gasteiger charge is -2.24. The summed E-state index contributed by atoms with van der Waals surface area (Å²) in [4.78, 5) is 0. The van der Waals surface area contributed by atoms with Crippen molar-refractivity contribution in [3.05, 3.63) is 53.1 Å². The lowest BCUT2D eigenvalue weighted by atomic mass is 10.0. The van der Waals surface area contributed by atoms with Crippen molar-refractivity contribution in [1.29, 1.82) is 0 Å². The number of hydrogen-bond acceptors (Lipinski definition) is 2. The SMILES string of the molecule is CC1Cc2ccccc2Oc2c(Cl)cccc2N1. The fourth-order valence-electron chi connectivity index (χ4n) is 2.25. The molecule has 0 radical (unpaired) electrons. The zero-order valence-corrected chi connectivity index (χ0v) is 10.9. The highest BCUT2D eigenvalue weighted by molar-refractivity contribution is 6.32. The number of anilines is 1. The minimum absolute atomic E-state index is 0.340. The van der Waals surface area contributed by atoms with E-state index in [1.54, 1.807) is 0 Å². The summed E-state index contributed by atoms with van der Waals surface area (Å²) < 4.78 is 5.97. The standard InChI is InChI=1S/C15H14ClNO/c1-10-9-11-5-2-3-8-14(11)18-15-12(16)6-4-7-13(15)17-10/h2-8,10,17H,9H2,1H3. The number of rotatable bonds is 0. The summed E-state index contributed by atoms with van der Waals surface area (Å²) in [5, 5.41) is 4.06. The van der Waals surface area contributed by atoms with Gasteiger partial charge in [-0.25, -0.2) is 0 Å². The lowest BCUT2D eigenvalue weighted by molar-refractivity contribution is 0.471. The van der Waals surface area contributed by atoms with Crippen molar-refractivity contribution in [2.24, 2.45) is 0 Å². The van der Waals surface area contributed by atoms with Crippen LogP contribution in [0.15, 0.2) is 42.5 Å². The van der Waals surface area contributed by atoms with Crippen molar-refractivity contribution >= 4 is 17.3 Å². The molecule has 1 N–H and O–H groups in total. The second kappa shape index (κ2) is 4.54. The van der Waals surface area contributed by atoms with Gasteiger partial charge in [0.25, 0.3) is 0 Å². The van der Waals surface area contributed by atoms with Crippen LogP contribution >= 0.6 is 11.6 Å². The fourth-order valence-corrected chi connectivity index (χ4v) is 2.47. The van der Waals surface area contributed by atoms with Crippen LogP contribution in [0.5, 0.6) is 11.5 Å². The van der Waals surface area contributed by atoms with Gasteiger partial charge in [-0.05, 0) is 37.1 Å². The third kappa shape index (κ3) is 2.04. The fraction of sp³-hybridized carbons (Fsp3) is 0.200. The van der Waals surface area contributed by atoms with E-state index >= 15 is 0 Å². The molecule has 0 spiro atoms. The summed E-state index contributed by atoms with van der Waals surface area (Å²) in [6, 6.07) is 14.2. The Morgan fingerprint density at radius 2 is 2.00 bits per heavy atom. The van der Waals surface area contributed by atoms with Crippen molar-refractivity contribution in [2.75, 3.05) is 5.32 Å². The second-order valence-corrected chi connectivity index (χ2v) is 4.98. The normalized spacial score (nSPS) is 17.6. The average molecular weight is 260 g/mol. The van der Waals surface area contributed by atoms with Crippen molar-refractivity contribution in [3.63, 3.8) is 0 Å². The van der Waals surface area contributed by atoms with Gasteiger partial charge in [0.05, 0.1) is 10.7 Å². The van der Waals surface area contributed by atoms with Crippen LogP contribution in [-0.4, -0.2) is 6.04 Å². The Morgan fingerprint density at radius 3 is 2.89 bits per heavy atom. The molecular weight excluding hydrogens is 246 g/mol. The average Bonchev–Trinajstić information content (AvgIpc) is 2.33. The second-order valence-electron chi connectivity index (χ2n) is 4.58. The Bertz CT molecular complexity index is 582. The predicted octanol–water partition coefficient (Wildman–Crippen LogP) is 4.49. The van der Waals surface area contributed by atoms with Crippen LogP contribution in [-0.2, 0) is 6.42 Å². The van der Waals surface area contributed by atoms with Gasteiger partial charge in [-0.3, -0.25) is 0 Å². The highest BCUT2D eigenvalue weighted by atomic mass is 35.5. The van der Waals surface area contributed by atoms with E-state index in [9.17, 15) is 0 Å². The molecule has 1 unspecified atom stereocenters. The van der Waals surface area contributed by atoms with Gasteiger partial charge < -0.3 is 10.1 Å². The molecule has 1 aliphatic rings. The van der Waals surface area contributed by atoms with Crippen molar-refractivity contribution in [3.8, 4) is 11.5 Å². The minimum atomic E-state index is 0.340. The summed E-state index contributed by atoms with van der Waals surface area (Å²) in [6.07, 6.45) is 0.933. The van der Waals surface area contributed by atoms with Crippen molar-refractivity contribution < 1.29 is 4.74 Å². The van der Waals surface area contributed by atoms with Gasteiger partial charge in [-0.2, -0.15) is 0 Å². The van der Waals surface area contributed by atoms with Crippen LogP contribution in [0.3, 0.4) is 0 Å². The molecular formula is C15H14ClNO. The number of fused-ring (bicyclic) bond motifs is 2. The van der Waals surface area contributed by atoms with Crippen molar-refractivity contribution in [1.82, 2.24) is 0 Å². The third-order valence-electron chi connectivity index (χ3n) is 3.08. The van der Waals surface area contributed by atoms with Crippen LogP contribution in [0, 0.1) is 0 Å². The van der Waals surface area contributed by atoms with E-state index in [1.165, 1.54) is 5.56 Å². The maximum atomic E-state index is 6.22. The van der Waals surface area contributed by atoms with Gasteiger partial charge in [0.2, 0.25) is 0 Å². The van der Waals surface area contributed by atoms with Crippen LogP contribution < -0.4 is 10.1 Å². The van der Waals surface area contributed by atoms with Crippen LogP contribution in [0.25, 0.3) is 0 Å². The molecule has 1 aliphatic heterocycles. The maximum Gasteiger partial charge on any atom is 0.169 e. The Morgan fingerprint density at radius 1 is 1.17 bits per heavy atom. The van der Waals surface area contributed by atoms with Crippen LogP contribution in [0.4, 0.5) is 5.69 Å². The Hall–Kier alpha value is -1.67. The van der Waals surface area contributed by atoms with E-state index in [-0.39, 0.29) is 0 Å². The molecule has 18 heavy (non-hydrogen) atoms. The topological polar surface area (TPSA) is 21.3 Å². The summed E-state index contributed by atoms with van der Waals surface area (Å²) in [5.41, 5.74) is 2.15. The van der Waals surface area contributed by atoms with E-state index in [0.717, 1.165) is 17.9 Å². The number of para-hydroxylation sites is 2. The van der Waals surface area contributed by atoms with Gasteiger partial charge in [0, 0.05) is 6.04 Å². The summed E-state index contributed by atoms with van der Waals surface area (Å²) in [5.74, 6) is 1.60. The molecule has 0 fully saturated rings. The molecule has 0 aliphatic carbocycles. The molecule has 0 amide bonds. The van der Waals surface area contributed by atoms with Gasteiger partial charge >= 0.3 is 0 Å². The molecule has 0 saturated heterocycles. The van der Waals surface area contributed by atoms with E-state index in [1.807, 2.05) is 36.4 Å². The summed E-state index contributed by atoms with van der Waals surface area (Å²) in [6.45, 7) is 2.16. The number of hydrogen-bond donors (Lipinski definition) is 1. The highest BCUT2D eigenvalue weighted by Gasteiger charge is 2.18. The molecule has 2 nitrogen and oxygen atoms in total. The first kappa shape index (κ1) is 11.4. The molecule has 0 aromatic heterocycles. The van der Waals surface area contributed by atoms with Crippen LogP contribution in [0.2, 0.25) is 5.02 Å². The third-order valence-corrected chi connectivity index (χ3v) is 3.38. The van der Waals surface area contributed by atoms with E-state index in [4.69, 9.17) is 16.3 Å². The van der Waals surface area contributed by atoms with Crippen LogP contribution in [0.1, 0.15) is 12.5 Å². The smallest absolute Gasteiger partial charge is 0.169 e. The zero-order chi connectivity index (χ0) is 12.5. The van der Waals surface area contributed by atoms with E-state index in [2.05, 4.69) is 18.3 Å². The molecule has 3 rings (SSSR count). The van der Waals surface area contributed by atoms with E-state index < -0.39 is 0 Å². The van der Waals surface area contributed by atoms with Crippen molar-refractivity contribution in [2.45, 2.75) is 19.4 Å². The first-order chi connectivity index (χ1) is 8.74. The largest absolute Gasteiger partial charge is 0.453 e. The molecule has 2 aromatic rings. The molecule has 92 valence electrons. The number of benzene rings is 2. The zero-order valence-electron chi connectivity index (χ0n) is 10.1. The monoisotopic (exact) mass is 259 g/mol. The highest BCUT2D eigenvalue weighted by Crippen LogP contribution is 2.39. The Labute approximate surface area is 112 Å². The first-order valence-corrected chi connectivity index (χ1v) is 6.42. The molecule has 3 heteroatoms. The van der Waals surface area contributed by atoms with Gasteiger partial charge in [-0.1, -0.05) is 35.9 Å². The van der Waals surface area contributed by atoms with Gasteiger partial charge in [0.15, 0.2) is 5.75 Å². The lowest BCUT2D eigenvalue weighted by Crippen LogP contribution is -2.20. The molecule has 1 atom stereocenters. The van der Waals surface area contributed by atoms with Gasteiger partial charge in [0.1, 0.15) is 5.75 Å². The Kier molecular flexibility index (Phi) is 2.88. The predicted molar refractivity (Wildman–Crippen MR) is 74.8 cm³/mol. The first-order valence-electron chi connectivity index (χ1n) is 6.05. The molecule has 0 saturated carbocycles. The summed E-state index contributed by atoms with van der Waals surface area (Å²) in [7, 11) is 0. The number of nitrogens with one attached hydrogen (secondary N) is 1.